The number of benzene rings is 1. The molecule has 9 heteroatoms. The second-order valence-electron chi connectivity index (χ2n) is 4.57. The summed E-state index contributed by atoms with van der Waals surface area (Å²) in [5.74, 6) is -0.910. The summed E-state index contributed by atoms with van der Waals surface area (Å²) in [7, 11) is -7.22. The lowest BCUT2D eigenvalue weighted by Gasteiger charge is -2.14. The van der Waals surface area contributed by atoms with Gasteiger partial charge in [0.25, 0.3) is 0 Å². The Hall–Kier alpha value is -1.03. The Morgan fingerprint density at radius 2 is 1.90 bits per heavy atom. The summed E-state index contributed by atoms with van der Waals surface area (Å²) in [4.78, 5) is -0.153. The second kappa shape index (κ2) is 6.17. The van der Waals surface area contributed by atoms with Crippen LogP contribution in [0.3, 0.4) is 0 Å². The first kappa shape index (κ1) is 17.0. The maximum Gasteiger partial charge on any atom is 0.240 e. The van der Waals surface area contributed by atoms with Gasteiger partial charge >= 0.3 is 0 Å². The predicted octanol–water partition coefficient (Wildman–Crippen LogP) is -0.00420. The van der Waals surface area contributed by atoms with Crippen molar-refractivity contribution < 1.29 is 21.2 Å². The van der Waals surface area contributed by atoms with Crippen LogP contribution in [-0.2, 0) is 26.4 Å². The molecule has 1 unspecified atom stereocenters. The molecular formula is C11H17FN2O4S2. The van der Waals surface area contributed by atoms with Crippen molar-refractivity contribution >= 4 is 19.9 Å². The molecule has 0 aliphatic rings. The van der Waals surface area contributed by atoms with Crippen LogP contribution >= 0.6 is 0 Å². The number of hydrogen-bond donors (Lipinski definition) is 2. The van der Waals surface area contributed by atoms with E-state index in [-0.39, 0.29) is 22.8 Å². The standard InChI is InChI=1S/C11H17FN2O4S2/c1-8(7-19(2,15)16)14-20(17,18)10-3-4-11(12)9(5-10)6-13/h3-5,8,14H,6-7,13H2,1-2H3. The van der Waals surface area contributed by atoms with E-state index < -0.39 is 31.7 Å². The van der Waals surface area contributed by atoms with Gasteiger partial charge in [0.05, 0.1) is 10.6 Å². The van der Waals surface area contributed by atoms with Gasteiger partial charge < -0.3 is 5.73 Å². The van der Waals surface area contributed by atoms with Crippen molar-refractivity contribution in [3.05, 3.63) is 29.6 Å². The highest BCUT2D eigenvalue weighted by Crippen LogP contribution is 2.15. The lowest BCUT2D eigenvalue weighted by atomic mass is 10.2. The summed E-state index contributed by atoms with van der Waals surface area (Å²) >= 11 is 0. The molecule has 6 nitrogen and oxygen atoms in total. The number of halogens is 1. The van der Waals surface area contributed by atoms with Crippen LogP contribution in [0.2, 0.25) is 0 Å². The Kier molecular flexibility index (Phi) is 5.25. The number of hydrogen-bond acceptors (Lipinski definition) is 5. The molecule has 0 bridgehead atoms. The maximum atomic E-state index is 13.3. The molecule has 0 spiro atoms. The molecule has 20 heavy (non-hydrogen) atoms. The van der Waals surface area contributed by atoms with Crippen LogP contribution in [-0.4, -0.2) is 34.9 Å². The molecule has 1 rings (SSSR count). The van der Waals surface area contributed by atoms with Gasteiger partial charge in [-0.15, -0.1) is 0 Å². The van der Waals surface area contributed by atoms with E-state index in [9.17, 15) is 21.2 Å². The highest BCUT2D eigenvalue weighted by Gasteiger charge is 2.21. The van der Waals surface area contributed by atoms with Gasteiger partial charge in [-0.2, -0.15) is 0 Å². The summed E-state index contributed by atoms with van der Waals surface area (Å²) in [6.45, 7) is 1.31. The zero-order chi connectivity index (χ0) is 15.6. The molecule has 0 aromatic heterocycles. The van der Waals surface area contributed by atoms with Gasteiger partial charge in [-0.25, -0.2) is 25.9 Å². The van der Waals surface area contributed by atoms with E-state index in [4.69, 9.17) is 5.73 Å². The lowest BCUT2D eigenvalue weighted by Crippen LogP contribution is -2.37. The monoisotopic (exact) mass is 324 g/mol. The summed E-state index contributed by atoms with van der Waals surface area (Å²) in [5.41, 5.74) is 5.39. The smallest absolute Gasteiger partial charge is 0.240 e. The Balaban J connectivity index is 3.00. The number of rotatable bonds is 6. The fourth-order valence-electron chi connectivity index (χ4n) is 1.70. The van der Waals surface area contributed by atoms with Crippen LogP contribution in [0.5, 0.6) is 0 Å². The van der Waals surface area contributed by atoms with Crippen molar-refractivity contribution in [3.8, 4) is 0 Å². The minimum atomic E-state index is -3.92. The van der Waals surface area contributed by atoms with E-state index in [1.807, 2.05) is 0 Å². The molecule has 0 fully saturated rings. The summed E-state index contributed by atoms with van der Waals surface area (Å²) in [6.07, 6.45) is 1.02. The Labute approximate surface area is 118 Å². The van der Waals surface area contributed by atoms with E-state index in [0.29, 0.717) is 0 Å². The van der Waals surface area contributed by atoms with E-state index in [0.717, 1.165) is 24.5 Å². The Morgan fingerprint density at radius 3 is 2.40 bits per heavy atom. The highest BCUT2D eigenvalue weighted by atomic mass is 32.2. The maximum absolute atomic E-state index is 13.3. The average Bonchev–Trinajstić information content (AvgIpc) is 2.25. The van der Waals surface area contributed by atoms with Gasteiger partial charge in [-0.1, -0.05) is 0 Å². The topological polar surface area (TPSA) is 106 Å². The van der Waals surface area contributed by atoms with E-state index in [1.165, 1.54) is 6.92 Å². The third kappa shape index (κ3) is 4.82. The lowest BCUT2D eigenvalue weighted by molar-refractivity contribution is 0.563. The summed E-state index contributed by atoms with van der Waals surface area (Å²) in [6, 6.07) is 2.45. The molecule has 0 amide bonds. The van der Waals surface area contributed by atoms with Crippen molar-refractivity contribution in [2.45, 2.75) is 24.4 Å². The average molecular weight is 324 g/mol. The van der Waals surface area contributed by atoms with Crippen molar-refractivity contribution in [1.29, 1.82) is 0 Å². The molecule has 0 saturated heterocycles. The highest BCUT2D eigenvalue weighted by molar-refractivity contribution is 7.91. The molecule has 114 valence electrons. The minimum Gasteiger partial charge on any atom is -0.326 e. The van der Waals surface area contributed by atoms with Crippen LogP contribution in [0.15, 0.2) is 23.1 Å². The molecule has 0 aliphatic carbocycles. The molecule has 3 N–H and O–H groups in total. The van der Waals surface area contributed by atoms with Crippen LogP contribution in [0.25, 0.3) is 0 Å². The molecule has 0 saturated carbocycles. The van der Waals surface area contributed by atoms with Gasteiger partial charge in [-0.3, -0.25) is 0 Å². The normalized spacial score (nSPS) is 14.2. The third-order valence-corrected chi connectivity index (χ3v) is 5.15. The first-order chi connectivity index (χ1) is 9.05. The van der Waals surface area contributed by atoms with Crippen molar-refractivity contribution in [2.75, 3.05) is 12.0 Å². The SMILES string of the molecule is CC(CS(C)(=O)=O)NS(=O)(=O)c1ccc(F)c(CN)c1. The third-order valence-electron chi connectivity index (χ3n) is 2.46. The predicted molar refractivity (Wildman–Crippen MR) is 73.8 cm³/mol. The number of sulfonamides is 1. The molecule has 1 atom stereocenters. The van der Waals surface area contributed by atoms with E-state index in [1.54, 1.807) is 0 Å². The van der Waals surface area contributed by atoms with Gasteiger partial charge in [0.1, 0.15) is 15.7 Å². The molecule has 1 aromatic rings. The van der Waals surface area contributed by atoms with Crippen molar-refractivity contribution in [1.82, 2.24) is 4.72 Å². The zero-order valence-electron chi connectivity index (χ0n) is 11.1. The summed E-state index contributed by atoms with van der Waals surface area (Å²) < 4.78 is 61.8. The fourth-order valence-corrected chi connectivity index (χ4v) is 4.09. The minimum absolute atomic E-state index is 0.0728. The molecule has 0 radical (unpaired) electrons. The van der Waals surface area contributed by atoms with Crippen LogP contribution in [0, 0.1) is 5.82 Å². The fraction of sp³-hybridized carbons (Fsp3) is 0.455. The summed E-state index contributed by atoms with van der Waals surface area (Å²) in [5, 5.41) is 0. The van der Waals surface area contributed by atoms with E-state index in [2.05, 4.69) is 4.72 Å². The largest absolute Gasteiger partial charge is 0.326 e. The first-order valence-electron chi connectivity index (χ1n) is 5.73. The number of sulfone groups is 1. The number of nitrogens with one attached hydrogen (secondary N) is 1. The van der Waals surface area contributed by atoms with Gasteiger partial charge in [0.2, 0.25) is 10.0 Å². The zero-order valence-corrected chi connectivity index (χ0v) is 12.8. The molecule has 0 aliphatic heterocycles. The quantitative estimate of drug-likeness (QED) is 0.766. The first-order valence-corrected chi connectivity index (χ1v) is 9.28. The molecule has 0 heterocycles. The van der Waals surface area contributed by atoms with Crippen LogP contribution in [0.4, 0.5) is 4.39 Å². The van der Waals surface area contributed by atoms with Gasteiger partial charge in [0, 0.05) is 24.4 Å². The molecular weight excluding hydrogens is 307 g/mol. The Morgan fingerprint density at radius 1 is 1.30 bits per heavy atom. The van der Waals surface area contributed by atoms with Gasteiger partial charge in [0.15, 0.2) is 0 Å². The van der Waals surface area contributed by atoms with Gasteiger partial charge in [-0.05, 0) is 25.1 Å². The Bertz CT molecular complexity index is 686. The van der Waals surface area contributed by atoms with Crippen molar-refractivity contribution in [3.63, 3.8) is 0 Å². The number of nitrogens with two attached hydrogens (primary N) is 1. The molecule has 1 aromatic carbocycles. The van der Waals surface area contributed by atoms with Crippen LogP contribution < -0.4 is 10.5 Å². The van der Waals surface area contributed by atoms with Crippen molar-refractivity contribution in [2.24, 2.45) is 5.73 Å². The van der Waals surface area contributed by atoms with Crippen LogP contribution in [0.1, 0.15) is 12.5 Å². The second-order valence-corrected chi connectivity index (χ2v) is 8.47. The van der Waals surface area contributed by atoms with E-state index >= 15 is 0 Å².